The highest BCUT2D eigenvalue weighted by molar-refractivity contribution is 5.30. The molecule has 0 aliphatic carbocycles. The van der Waals surface area contributed by atoms with E-state index in [1.54, 1.807) is 0 Å². The van der Waals surface area contributed by atoms with E-state index in [1.807, 2.05) is 17.9 Å². The minimum absolute atomic E-state index is 0.338. The summed E-state index contributed by atoms with van der Waals surface area (Å²) in [6, 6.07) is 11.7. The van der Waals surface area contributed by atoms with Crippen LogP contribution in [0.15, 0.2) is 36.5 Å². The zero-order valence-corrected chi connectivity index (χ0v) is 12.8. The summed E-state index contributed by atoms with van der Waals surface area (Å²) in [5.41, 5.74) is 4.05. The Morgan fingerprint density at radius 3 is 2.86 bits per heavy atom. The van der Waals surface area contributed by atoms with Crippen LogP contribution in [0, 0.1) is 0 Å². The Morgan fingerprint density at radius 1 is 1.33 bits per heavy atom. The average molecular weight is 284 g/mol. The second kappa shape index (κ2) is 6.41. The Bertz CT molecular complexity index is 590. The Kier molecular flexibility index (Phi) is 4.36. The number of aromatic nitrogens is 2. The Hall–Kier alpha value is -1.65. The number of aryl methyl sites for hydroxylation is 1. The molecular weight excluding hydrogens is 260 g/mol. The molecule has 3 rings (SSSR count). The molecule has 1 aliphatic rings. The second-order valence-corrected chi connectivity index (χ2v) is 5.83. The summed E-state index contributed by atoms with van der Waals surface area (Å²) in [7, 11) is 1.97. The van der Waals surface area contributed by atoms with Gasteiger partial charge in [0.2, 0.25) is 0 Å². The molecule has 1 aliphatic heterocycles. The van der Waals surface area contributed by atoms with Crippen molar-refractivity contribution in [3.8, 4) is 0 Å². The summed E-state index contributed by atoms with van der Waals surface area (Å²) in [6.45, 7) is 4.16. The van der Waals surface area contributed by atoms with Crippen molar-refractivity contribution in [2.45, 2.75) is 38.4 Å². The summed E-state index contributed by atoms with van der Waals surface area (Å²) in [6.07, 6.45) is 4.16. The molecule has 0 saturated heterocycles. The SMILES string of the molecule is CCC(NCC1Cc2ccccc2CN1)c1ccn(C)n1. The lowest BCUT2D eigenvalue weighted by atomic mass is 9.95. The molecule has 0 saturated carbocycles. The number of nitrogens with zero attached hydrogens (tertiary/aromatic N) is 2. The zero-order chi connectivity index (χ0) is 14.7. The van der Waals surface area contributed by atoms with E-state index in [1.165, 1.54) is 11.1 Å². The summed E-state index contributed by atoms with van der Waals surface area (Å²) in [5.74, 6) is 0. The van der Waals surface area contributed by atoms with Gasteiger partial charge in [-0.3, -0.25) is 4.68 Å². The van der Waals surface area contributed by atoms with E-state index in [9.17, 15) is 0 Å². The Balaban J connectivity index is 1.58. The van der Waals surface area contributed by atoms with Gasteiger partial charge in [0.25, 0.3) is 0 Å². The fourth-order valence-electron chi connectivity index (χ4n) is 3.03. The van der Waals surface area contributed by atoms with E-state index in [0.717, 1.165) is 31.6 Å². The third-order valence-electron chi connectivity index (χ3n) is 4.28. The predicted octanol–water partition coefficient (Wildman–Crippen LogP) is 2.18. The van der Waals surface area contributed by atoms with Crippen LogP contribution < -0.4 is 10.6 Å². The zero-order valence-electron chi connectivity index (χ0n) is 12.8. The molecule has 0 radical (unpaired) electrons. The molecule has 0 amide bonds. The second-order valence-electron chi connectivity index (χ2n) is 5.83. The first-order valence-corrected chi connectivity index (χ1v) is 7.79. The smallest absolute Gasteiger partial charge is 0.0793 e. The minimum atomic E-state index is 0.338. The molecule has 112 valence electrons. The highest BCUT2D eigenvalue weighted by atomic mass is 15.3. The number of rotatable bonds is 5. The van der Waals surface area contributed by atoms with Gasteiger partial charge in [-0.05, 0) is 30.0 Å². The topological polar surface area (TPSA) is 41.9 Å². The van der Waals surface area contributed by atoms with E-state index in [0.29, 0.717) is 12.1 Å². The fraction of sp³-hybridized carbons (Fsp3) is 0.471. The molecule has 0 spiro atoms. The van der Waals surface area contributed by atoms with Crippen molar-refractivity contribution in [3.05, 3.63) is 53.3 Å². The molecule has 0 bridgehead atoms. The van der Waals surface area contributed by atoms with Crippen LogP contribution in [-0.4, -0.2) is 22.4 Å². The molecule has 1 aromatic carbocycles. The van der Waals surface area contributed by atoms with Crippen LogP contribution in [0.3, 0.4) is 0 Å². The largest absolute Gasteiger partial charge is 0.308 e. The molecule has 2 heterocycles. The van der Waals surface area contributed by atoms with Crippen LogP contribution in [0.25, 0.3) is 0 Å². The molecule has 1 aromatic heterocycles. The van der Waals surface area contributed by atoms with Crippen LogP contribution in [0.1, 0.15) is 36.2 Å². The quantitative estimate of drug-likeness (QED) is 0.884. The van der Waals surface area contributed by atoms with Gasteiger partial charge in [-0.1, -0.05) is 31.2 Å². The van der Waals surface area contributed by atoms with E-state index in [4.69, 9.17) is 0 Å². The van der Waals surface area contributed by atoms with Crippen molar-refractivity contribution in [1.29, 1.82) is 0 Å². The third kappa shape index (κ3) is 3.34. The monoisotopic (exact) mass is 284 g/mol. The molecule has 2 atom stereocenters. The normalized spacial score (nSPS) is 19.2. The van der Waals surface area contributed by atoms with Gasteiger partial charge in [0.15, 0.2) is 0 Å². The van der Waals surface area contributed by atoms with Gasteiger partial charge in [-0.2, -0.15) is 5.10 Å². The number of benzene rings is 1. The molecule has 2 unspecified atom stereocenters. The van der Waals surface area contributed by atoms with Crippen molar-refractivity contribution >= 4 is 0 Å². The van der Waals surface area contributed by atoms with Gasteiger partial charge >= 0.3 is 0 Å². The molecule has 2 N–H and O–H groups in total. The third-order valence-corrected chi connectivity index (χ3v) is 4.28. The van der Waals surface area contributed by atoms with Gasteiger partial charge < -0.3 is 10.6 Å². The van der Waals surface area contributed by atoms with Crippen LogP contribution >= 0.6 is 0 Å². The first-order chi connectivity index (χ1) is 10.3. The van der Waals surface area contributed by atoms with E-state index in [-0.39, 0.29) is 0 Å². The summed E-state index contributed by atoms with van der Waals surface area (Å²) >= 11 is 0. The Labute approximate surface area is 126 Å². The maximum atomic E-state index is 4.52. The fourth-order valence-corrected chi connectivity index (χ4v) is 3.03. The molecule has 4 heteroatoms. The predicted molar refractivity (Wildman–Crippen MR) is 85.0 cm³/mol. The van der Waals surface area contributed by atoms with E-state index >= 15 is 0 Å². The van der Waals surface area contributed by atoms with Gasteiger partial charge in [0.05, 0.1) is 11.7 Å². The van der Waals surface area contributed by atoms with Crippen molar-refractivity contribution in [2.24, 2.45) is 7.05 Å². The van der Waals surface area contributed by atoms with Crippen molar-refractivity contribution < 1.29 is 0 Å². The maximum Gasteiger partial charge on any atom is 0.0793 e. The highest BCUT2D eigenvalue weighted by Crippen LogP contribution is 2.18. The number of hydrogen-bond acceptors (Lipinski definition) is 3. The van der Waals surface area contributed by atoms with Crippen LogP contribution in [0.5, 0.6) is 0 Å². The molecule has 2 aromatic rings. The van der Waals surface area contributed by atoms with Crippen molar-refractivity contribution in [1.82, 2.24) is 20.4 Å². The molecule has 0 fully saturated rings. The van der Waals surface area contributed by atoms with Crippen molar-refractivity contribution in [2.75, 3.05) is 6.54 Å². The standard InChI is InChI=1S/C17H24N4/c1-3-16(17-8-9-21(2)20-17)19-12-15-10-13-6-4-5-7-14(13)11-18-15/h4-9,15-16,18-19H,3,10-12H2,1-2H3. The highest BCUT2D eigenvalue weighted by Gasteiger charge is 2.19. The first-order valence-electron chi connectivity index (χ1n) is 7.79. The summed E-state index contributed by atoms with van der Waals surface area (Å²) < 4.78 is 1.87. The number of hydrogen-bond donors (Lipinski definition) is 2. The lowest BCUT2D eigenvalue weighted by Crippen LogP contribution is -2.43. The first kappa shape index (κ1) is 14.3. The van der Waals surface area contributed by atoms with Gasteiger partial charge in [0, 0.05) is 32.4 Å². The lowest BCUT2D eigenvalue weighted by molar-refractivity contribution is 0.406. The minimum Gasteiger partial charge on any atom is -0.308 e. The lowest BCUT2D eigenvalue weighted by Gasteiger charge is -2.28. The van der Waals surface area contributed by atoms with Gasteiger partial charge in [-0.25, -0.2) is 0 Å². The number of fused-ring (bicyclic) bond motifs is 1. The molecule has 4 nitrogen and oxygen atoms in total. The molecular formula is C17H24N4. The molecule has 21 heavy (non-hydrogen) atoms. The van der Waals surface area contributed by atoms with Crippen LogP contribution in [-0.2, 0) is 20.0 Å². The Morgan fingerprint density at radius 2 is 2.14 bits per heavy atom. The van der Waals surface area contributed by atoms with Crippen LogP contribution in [0.4, 0.5) is 0 Å². The average Bonchev–Trinajstić information content (AvgIpc) is 2.94. The maximum absolute atomic E-state index is 4.52. The van der Waals surface area contributed by atoms with Gasteiger partial charge in [-0.15, -0.1) is 0 Å². The summed E-state index contributed by atoms with van der Waals surface area (Å²) in [4.78, 5) is 0. The van der Waals surface area contributed by atoms with Crippen LogP contribution in [0.2, 0.25) is 0 Å². The van der Waals surface area contributed by atoms with Gasteiger partial charge in [0.1, 0.15) is 0 Å². The van der Waals surface area contributed by atoms with Crippen molar-refractivity contribution in [3.63, 3.8) is 0 Å². The summed E-state index contributed by atoms with van der Waals surface area (Å²) in [5, 5.41) is 11.8. The van der Waals surface area contributed by atoms with E-state index in [2.05, 4.69) is 53.0 Å². The van der Waals surface area contributed by atoms with E-state index < -0.39 is 0 Å². The number of nitrogens with one attached hydrogen (secondary N) is 2.